The third-order valence-electron chi connectivity index (χ3n) is 2.78. The minimum Gasteiger partial charge on any atom is -0.370 e. The number of amides is 1. The molecule has 2 N–H and O–H groups in total. The molecule has 1 aliphatic carbocycles. The molecule has 0 aliphatic heterocycles. The van der Waals surface area contributed by atoms with Gasteiger partial charge in [-0.05, 0) is 38.3 Å². The van der Waals surface area contributed by atoms with Gasteiger partial charge in [0.15, 0.2) is 0 Å². The van der Waals surface area contributed by atoms with Crippen LogP contribution in [0.15, 0.2) is 18.2 Å². The minimum absolute atomic E-state index is 0.0653. The van der Waals surface area contributed by atoms with Gasteiger partial charge in [-0.1, -0.05) is 6.07 Å². The van der Waals surface area contributed by atoms with E-state index in [0.29, 0.717) is 11.7 Å². The predicted octanol–water partition coefficient (Wildman–Crippen LogP) is 1.80. The molecule has 1 fully saturated rings. The number of anilines is 1. The van der Waals surface area contributed by atoms with Gasteiger partial charge in [-0.2, -0.15) is 0 Å². The van der Waals surface area contributed by atoms with E-state index in [0.717, 1.165) is 25.2 Å². The number of rotatable bonds is 4. The van der Waals surface area contributed by atoms with E-state index in [1.54, 1.807) is 6.07 Å². The first-order valence-electron chi connectivity index (χ1n) is 5.81. The van der Waals surface area contributed by atoms with Gasteiger partial charge in [0.25, 0.3) is 5.91 Å². The van der Waals surface area contributed by atoms with Crippen molar-refractivity contribution >= 4 is 11.7 Å². The highest BCUT2D eigenvalue weighted by Crippen LogP contribution is 2.18. The van der Waals surface area contributed by atoms with E-state index in [1.807, 2.05) is 19.1 Å². The van der Waals surface area contributed by atoms with Gasteiger partial charge in [0, 0.05) is 12.6 Å². The smallest absolute Gasteiger partial charge is 0.270 e. The van der Waals surface area contributed by atoms with Crippen molar-refractivity contribution in [3.8, 4) is 0 Å². The van der Waals surface area contributed by atoms with E-state index in [9.17, 15) is 4.79 Å². The fraction of sp³-hybridized carbons (Fsp3) is 0.500. The molecule has 2 rings (SSSR count). The number of pyridine rings is 1. The molecule has 1 aromatic heterocycles. The van der Waals surface area contributed by atoms with Crippen molar-refractivity contribution in [3.63, 3.8) is 0 Å². The summed E-state index contributed by atoms with van der Waals surface area (Å²) in [5.74, 6) is 0.688. The van der Waals surface area contributed by atoms with Crippen molar-refractivity contribution in [3.05, 3.63) is 23.9 Å². The molecule has 4 heteroatoms. The van der Waals surface area contributed by atoms with Gasteiger partial charge in [0.1, 0.15) is 11.5 Å². The summed E-state index contributed by atoms with van der Waals surface area (Å²) in [7, 11) is 0. The van der Waals surface area contributed by atoms with Crippen LogP contribution in [0.1, 0.15) is 36.7 Å². The number of nitrogens with one attached hydrogen (secondary N) is 2. The molecule has 1 amide bonds. The second-order valence-corrected chi connectivity index (χ2v) is 4.04. The van der Waals surface area contributed by atoms with E-state index < -0.39 is 0 Å². The van der Waals surface area contributed by atoms with Gasteiger partial charge < -0.3 is 10.6 Å². The molecule has 1 saturated carbocycles. The molecule has 0 atom stereocenters. The fourth-order valence-corrected chi connectivity index (χ4v) is 1.65. The fourth-order valence-electron chi connectivity index (χ4n) is 1.65. The van der Waals surface area contributed by atoms with Crippen LogP contribution >= 0.6 is 0 Å². The maximum atomic E-state index is 11.8. The first-order valence-corrected chi connectivity index (χ1v) is 5.81. The molecule has 1 aromatic rings. The lowest BCUT2D eigenvalue weighted by atomic mass is 9.93. The number of hydrogen-bond acceptors (Lipinski definition) is 3. The quantitative estimate of drug-likeness (QED) is 0.811. The van der Waals surface area contributed by atoms with Gasteiger partial charge in [0.2, 0.25) is 0 Å². The van der Waals surface area contributed by atoms with Crippen LogP contribution in [0.3, 0.4) is 0 Å². The Balaban J connectivity index is 2.00. The summed E-state index contributed by atoms with van der Waals surface area (Å²) < 4.78 is 0. The molecule has 0 bridgehead atoms. The lowest BCUT2D eigenvalue weighted by Gasteiger charge is -2.26. The Morgan fingerprint density at radius 3 is 2.94 bits per heavy atom. The van der Waals surface area contributed by atoms with E-state index in [1.165, 1.54) is 6.42 Å². The first-order chi connectivity index (χ1) is 7.79. The zero-order valence-electron chi connectivity index (χ0n) is 9.49. The Bertz CT molecular complexity index is 374. The number of hydrogen-bond donors (Lipinski definition) is 2. The van der Waals surface area contributed by atoms with Crippen LogP contribution in [0.4, 0.5) is 5.82 Å². The molecule has 0 spiro atoms. The zero-order valence-corrected chi connectivity index (χ0v) is 9.49. The normalized spacial score (nSPS) is 15.3. The molecular weight excluding hydrogens is 202 g/mol. The number of nitrogens with zero attached hydrogens (tertiary/aromatic N) is 1. The molecule has 86 valence electrons. The van der Waals surface area contributed by atoms with Gasteiger partial charge in [0.05, 0.1) is 0 Å². The third-order valence-corrected chi connectivity index (χ3v) is 2.78. The van der Waals surface area contributed by atoms with Crippen LogP contribution in [-0.4, -0.2) is 23.5 Å². The Labute approximate surface area is 95.5 Å². The van der Waals surface area contributed by atoms with Gasteiger partial charge in [-0.25, -0.2) is 4.98 Å². The first kappa shape index (κ1) is 10.9. The van der Waals surface area contributed by atoms with Gasteiger partial charge in [-0.3, -0.25) is 4.79 Å². The SMILES string of the molecule is CCNc1cccc(C(=O)NC2CCC2)n1. The summed E-state index contributed by atoms with van der Waals surface area (Å²) in [4.78, 5) is 16.1. The second kappa shape index (κ2) is 4.96. The maximum absolute atomic E-state index is 11.8. The Kier molecular flexibility index (Phi) is 3.39. The molecule has 4 nitrogen and oxygen atoms in total. The third kappa shape index (κ3) is 2.51. The minimum atomic E-state index is -0.0653. The van der Waals surface area contributed by atoms with Gasteiger partial charge in [-0.15, -0.1) is 0 Å². The second-order valence-electron chi connectivity index (χ2n) is 4.04. The molecule has 1 heterocycles. The van der Waals surface area contributed by atoms with Crippen molar-refractivity contribution in [2.45, 2.75) is 32.2 Å². The average Bonchev–Trinajstić information content (AvgIpc) is 2.24. The molecule has 0 aromatic carbocycles. The standard InChI is InChI=1S/C12H17N3O/c1-2-13-11-8-4-7-10(15-11)12(16)14-9-5-3-6-9/h4,7-9H,2-3,5-6H2,1H3,(H,13,15)(H,14,16). The molecule has 0 radical (unpaired) electrons. The summed E-state index contributed by atoms with van der Waals surface area (Å²) in [6.07, 6.45) is 3.41. The average molecular weight is 219 g/mol. The topological polar surface area (TPSA) is 54.0 Å². The summed E-state index contributed by atoms with van der Waals surface area (Å²) in [5, 5.41) is 6.07. The van der Waals surface area contributed by atoms with E-state index in [4.69, 9.17) is 0 Å². The van der Waals surface area contributed by atoms with Crippen molar-refractivity contribution in [2.24, 2.45) is 0 Å². The molecule has 0 unspecified atom stereocenters. The number of carbonyl (C=O) groups excluding carboxylic acids is 1. The van der Waals surface area contributed by atoms with E-state index in [-0.39, 0.29) is 5.91 Å². The lowest BCUT2D eigenvalue weighted by Crippen LogP contribution is -2.39. The van der Waals surface area contributed by atoms with Crippen LogP contribution in [0.2, 0.25) is 0 Å². The number of carbonyl (C=O) groups is 1. The van der Waals surface area contributed by atoms with Crippen LogP contribution in [0.5, 0.6) is 0 Å². The summed E-state index contributed by atoms with van der Waals surface area (Å²) in [5.41, 5.74) is 0.491. The largest absolute Gasteiger partial charge is 0.370 e. The monoisotopic (exact) mass is 219 g/mol. The Hall–Kier alpha value is -1.58. The summed E-state index contributed by atoms with van der Waals surface area (Å²) in [6.45, 7) is 2.81. The Morgan fingerprint density at radius 1 is 1.50 bits per heavy atom. The van der Waals surface area contributed by atoms with Gasteiger partial charge >= 0.3 is 0 Å². The molecule has 1 aliphatic rings. The van der Waals surface area contributed by atoms with Crippen LogP contribution in [0.25, 0.3) is 0 Å². The summed E-state index contributed by atoms with van der Waals surface area (Å²) >= 11 is 0. The van der Waals surface area contributed by atoms with Crippen molar-refractivity contribution < 1.29 is 4.79 Å². The highest BCUT2D eigenvalue weighted by atomic mass is 16.1. The van der Waals surface area contributed by atoms with Crippen LogP contribution in [0, 0.1) is 0 Å². The lowest BCUT2D eigenvalue weighted by molar-refractivity contribution is 0.0912. The summed E-state index contributed by atoms with van der Waals surface area (Å²) in [6, 6.07) is 5.82. The van der Waals surface area contributed by atoms with Crippen molar-refractivity contribution in [1.29, 1.82) is 0 Å². The van der Waals surface area contributed by atoms with Crippen molar-refractivity contribution in [1.82, 2.24) is 10.3 Å². The highest BCUT2D eigenvalue weighted by molar-refractivity contribution is 5.92. The van der Waals surface area contributed by atoms with E-state index in [2.05, 4.69) is 15.6 Å². The highest BCUT2D eigenvalue weighted by Gasteiger charge is 2.20. The van der Waals surface area contributed by atoms with Crippen molar-refractivity contribution in [2.75, 3.05) is 11.9 Å². The predicted molar refractivity (Wildman–Crippen MR) is 63.5 cm³/mol. The van der Waals surface area contributed by atoms with E-state index >= 15 is 0 Å². The molecular formula is C12H17N3O. The zero-order chi connectivity index (χ0) is 11.4. The maximum Gasteiger partial charge on any atom is 0.270 e. The molecule has 16 heavy (non-hydrogen) atoms. The number of aromatic nitrogens is 1. The van der Waals surface area contributed by atoms with Crippen LogP contribution < -0.4 is 10.6 Å². The van der Waals surface area contributed by atoms with Crippen LogP contribution in [-0.2, 0) is 0 Å². The Morgan fingerprint density at radius 2 is 2.31 bits per heavy atom. The molecule has 0 saturated heterocycles.